The molecule has 0 bridgehead atoms. The second-order valence-electron chi connectivity index (χ2n) is 9.01. The number of fused-ring (bicyclic) bond motifs is 3. The van der Waals surface area contributed by atoms with Crippen molar-refractivity contribution in [2.45, 2.75) is 32.2 Å². The van der Waals surface area contributed by atoms with Gasteiger partial charge in [-0.2, -0.15) is 0 Å². The van der Waals surface area contributed by atoms with Gasteiger partial charge in [-0.3, -0.25) is 14.4 Å². The minimum atomic E-state index is -0.365. The van der Waals surface area contributed by atoms with Crippen LogP contribution < -0.4 is 15.5 Å². The predicted molar refractivity (Wildman–Crippen MR) is 133 cm³/mol. The molecule has 1 aliphatic carbocycles. The molecule has 1 unspecified atom stereocenters. The van der Waals surface area contributed by atoms with Crippen LogP contribution in [0.5, 0.6) is 0 Å². The van der Waals surface area contributed by atoms with E-state index in [-0.39, 0.29) is 30.1 Å². The number of benzene rings is 3. The molecule has 0 saturated carbocycles. The van der Waals surface area contributed by atoms with Gasteiger partial charge in [0.15, 0.2) is 5.78 Å². The molecule has 0 spiro atoms. The first-order chi connectivity index (χ1) is 16.5. The lowest BCUT2D eigenvalue weighted by molar-refractivity contribution is -0.116. The Hall–Kier alpha value is -3.93. The number of rotatable bonds is 6. The standard InChI is InChI=1S/C28H27N3O3/c1-18(15-26(32)30-20-7-6-8-21(17-20)31-13-4-5-14-31)29-28(34)19-11-12-23-22-9-2-3-10-24(22)27(33)25(23)16-19/h2-3,6-12,16-18H,4-5,13-15H2,1H3,(H,29,34)(H,30,32). The molecule has 3 aromatic carbocycles. The second-order valence-corrected chi connectivity index (χ2v) is 9.01. The molecular weight excluding hydrogens is 426 g/mol. The number of ketones is 1. The summed E-state index contributed by atoms with van der Waals surface area (Å²) in [6.45, 7) is 3.88. The van der Waals surface area contributed by atoms with Crippen LogP contribution in [0, 0.1) is 0 Å². The van der Waals surface area contributed by atoms with E-state index in [0.717, 1.165) is 35.6 Å². The van der Waals surface area contributed by atoms with E-state index >= 15 is 0 Å². The van der Waals surface area contributed by atoms with E-state index < -0.39 is 0 Å². The quantitative estimate of drug-likeness (QED) is 0.446. The molecule has 1 atom stereocenters. The van der Waals surface area contributed by atoms with Gasteiger partial charge >= 0.3 is 0 Å². The lowest BCUT2D eigenvalue weighted by atomic mass is 10.0. The highest BCUT2D eigenvalue weighted by Crippen LogP contribution is 2.36. The lowest BCUT2D eigenvalue weighted by Gasteiger charge is -2.19. The zero-order chi connectivity index (χ0) is 23.7. The van der Waals surface area contributed by atoms with Crippen LogP contribution in [0.15, 0.2) is 66.7 Å². The van der Waals surface area contributed by atoms with Gasteiger partial charge in [0.1, 0.15) is 0 Å². The van der Waals surface area contributed by atoms with Crippen LogP contribution in [-0.4, -0.2) is 36.7 Å². The van der Waals surface area contributed by atoms with Gasteiger partial charge in [0, 0.05) is 53.6 Å². The van der Waals surface area contributed by atoms with Crippen molar-refractivity contribution in [1.82, 2.24) is 5.32 Å². The van der Waals surface area contributed by atoms with Gasteiger partial charge in [0.25, 0.3) is 5.91 Å². The summed E-state index contributed by atoms with van der Waals surface area (Å²) in [5, 5.41) is 5.81. The lowest BCUT2D eigenvalue weighted by Crippen LogP contribution is -2.35. The van der Waals surface area contributed by atoms with Gasteiger partial charge in [0.05, 0.1) is 0 Å². The molecule has 0 radical (unpaired) electrons. The third kappa shape index (κ3) is 4.31. The minimum Gasteiger partial charge on any atom is -0.371 e. The van der Waals surface area contributed by atoms with E-state index in [9.17, 15) is 14.4 Å². The predicted octanol–water partition coefficient (Wildman–Crippen LogP) is 4.65. The Labute approximate surface area is 199 Å². The van der Waals surface area contributed by atoms with Gasteiger partial charge in [-0.05, 0) is 61.2 Å². The average molecular weight is 454 g/mol. The maximum absolute atomic E-state index is 12.8. The van der Waals surface area contributed by atoms with Crippen molar-refractivity contribution in [3.8, 4) is 11.1 Å². The first-order valence-corrected chi connectivity index (χ1v) is 11.7. The van der Waals surface area contributed by atoms with Gasteiger partial charge in [-0.1, -0.05) is 36.4 Å². The zero-order valence-corrected chi connectivity index (χ0v) is 19.1. The fourth-order valence-corrected chi connectivity index (χ4v) is 4.77. The molecule has 0 aromatic heterocycles. The molecule has 2 amide bonds. The topological polar surface area (TPSA) is 78.5 Å². The van der Waals surface area contributed by atoms with Crippen molar-refractivity contribution < 1.29 is 14.4 Å². The van der Waals surface area contributed by atoms with Crippen LogP contribution >= 0.6 is 0 Å². The van der Waals surface area contributed by atoms with Gasteiger partial charge in [-0.15, -0.1) is 0 Å². The van der Waals surface area contributed by atoms with E-state index in [1.165, 1.54) is 12.8 Å². The molecule has 1 aliphatic heterocycles. The molecule has 34 heavy (non-hydrogen) atoms. The van der Waals surface area contributed by atoms with Crippen LogP contribution in [-0.2, 0) is 4.79 Å². The molecular formula is C28H27N3O3. The number of hydrogen-bond donors (Lipinski definition) is 2. The summed E-state index contributed by atoms with van der Waals surface area (Å²) < 4.78 is 0. The largest absolute Gasteiger partial charge is 0.371 e. The maximum atomic E-state index is 12.8. The first-order valence-electron chi connectivity index (χ1n) is 11.7. The molecule has 2 N–H and O–H groups in total. The average Bonchev–Trinajstić information content (AvgIpc) is 3.47. The highest BCUT2D eigenvalue weighted by Gasteiger charge is 2.27. The molecule has 6 heteroatoms. The Morgan fingerprint density at radius 1 is 0.882 bits per heavy atom. The SMILES string of the molecule is CC(CC(=O)Nc1cccc(N2CCCC2)c1)NC(=O)c1ccc2c(c1)C(=O)c1ccccc1-2. The van der Waals surface area contributed by atoms with Crippen molar-refractivity contribution >= 4 is 29.0 Å². The summed E-state index contributed by atoms with van der Waals surface area (Å²) in [6, 6.07) is 20.2. The fourth-order valence-electron chi connectivity index (χ4n) is 4.77. The summed E-state index contributed by atoms with van der Waals surface area (Å²) >= 11 is 0. The summed E-state index contributed by atoms with van der Waals surface area (Å²) in [5.41, 5.74) is 5.22. The number of carbonyl (C=O) groups excluding carboxylic acids is 3. The van der Waals surface area contributed by atoms with Crippen molar-refractivity contribution in [3.05, 3.63) is 83.4 Å². The number of amides is 2. The van der Waals surface area contributed by atoms with Gasteiger partial charge in [-0.25, -0.2) is 0 Å². The van der Waals surface area contributed by atoms with Crippen molar-refractivity contribution in [1.29, 1.82) is 0 Å². The van der Waals surface area contributed by atoms with Crippen LogP contribution in [0.1, 0.15) is 52.5 Å². The molecule has 6 nitrogen and oxygen atoms in total. The Balaban J connectivity index is 1.20. The molecule has 172 valence electrons. The van der Waals surface area contributed by atoms with Crippen LogP contribution in [0.25, 0.3) is 11.1 Å². The number of carbonyl (C=O) groups is 3. The number of nitrogens with zero attached hydrogens (tertiary/aromatic N) is 1. The van der Waals surface area contributed by atoms with E-state index in [1.807, 2.05) is 42.5 Å². The first kappa shape index (κ1) is 21.9. The van der Waals surface area contributed by atoms with Crippen LogP contribution in [0.3, 0.4) is 0 Å². The second kappa shape index (κ2) is 9.14. The highest BCUT2D eigenvalue weighted by molar-refractivity contribution is 6.22. The minimum absolute atomic E-state index is 0.0659. The number of nitrogens with one attached hydrogen (secondary N) is 2. The molecule has 2 aliphatic rings. The van der Waals surface area contributed by atoms with Crippen molar-refractivity contribution in [2.75, 3.05) is 23.3 Å². The summed E-state index contributed by atoms with van der Waals surface area (Å²) in [7, 11) is 0. The summed E-state index contributed by atoms with van der Waals surface area (Å²) in [4.78, 5) is 40.4. The maximum Gasteiger partial charge on any atom is 0.251 e. The normalized spacial score (nSPS) is 15.0. The van der Waals surface area contributed by atoms with Gasteiger partial charge in [0.2, 0.25) is 5.91 Å². The number of hydrogen-bond acceptors (Lipinski definition) is 4. The molecule has 1 heterocycles. The monoisotopic (exact) mass is 453 g/mol. The molecule has 1 saturated heterocycles. The van der Waals surface area contributed by atoms with Crippen molar-refractivity contribution in [2.24, 2.45) is 0 Å². The Morgan fingerprint density at radius 3 is 2.41 bits per heavy atom. The zero-order valence-electron chi connectivity index (χ0n) is 19.1. The van der Waals surface area contributed by atoms with Crippen LogP contribution in [0.2, 0.25) is 0 Å². The van der Waals surface area contributed by atoms with Crippen molar-refractivity contribution in [3.63, 3.8) is 0 Å². The van der Waals surface area contributed by atoms with Gasteiger partial charge < -0.3 is 15.5 Å². The summed E-state index contributed by atoms with van der Waals surface area (Å²) in [5.74, 6) is -0.530. The third-order valence-electron chi connectivity index (χ3n) is 6.46. The Kier molecular flexibility index (Phi) is 5.88. The summed E-state index contributed by atoms with van der Waals surface area (Å²) in [6.07, 6.45) is 2.53. The van der Waals surface area contributed by atoms with E-state index in [2.05, 4.69) is 21.6 Å². The smallest absolute Gasteiger partial charge is 0.251 e. The van der Waals surface area contributed by atoms with E-state index in [0.29, 0.717) is 16.7 Å². The molecule has 5 rings (SSSR count). The third-order valence-corrected chi connectivity index (χ3v) is 6.46. The highest BCUT2D eigenvalue weighted by atomic mass is 16.2. The molecule has 3 aromatic rings. The van der Waals surface area contributed by atoms with E-state index in [1.54, 1.807) is 25.1 Å². The van der Waals surface area contributed by atoms with E-state index in [4.69, 9.17) is 0 Å². The number of anilines is 2. The Bertz CT molecular complexity index is 1280. The fraction of sp³-hybridized carbons (Fsp3) is 0.250. The molecule has 1 fully saturated rings. The Morgan fingerprint density at radius 2 is 1.62 bits per heavy atom. The van der Waals surface area contributed by atoms with Crippen LogP contribution in [0.4, 0.5) is 11.4 Å².